The zero-order chi connectivity index (χ0) is 11.2. The van der Waals surface area contributed by atoms with E-state index in [0.29, 0.717) is 5.88 Å². The molecule has 1 aromatic rings. The van der Waals surface area contributed by atoms with Crippen LogP contribution in [-0.4, -0.2) is 48.0 Å². The molecule has 0 aromatic carbocycles. The number of hydrogen-bond acceptors (Lipinski definition) is 7. The molecule has 0 saturated carbocycles. The third-order valence-electron chi connectivity index (χ3n) is 1.78. The molecule has 0 fully saturated rings. The maximum atomic E-state index is 9.17. The van der Waals surface area contributed by atoms with Crippen LogP contribution in [0.25, 0.3) is 0 Å². The molecule has 7 heteroatoms. The van der Waals surface area contributed by atoms with Gasteiger partial charge >= 0.3 is 6.01 Å². The van der Waals surface area contributed by atoms with Gasteiger partial charge in [0.1, 0.15) is 13.2 Å². The van der Waals surface area contributed by atoms with Crippen LogP contribution in [0.2, 0.25) is 0 Å². The van der Waals surface area contributed by atoms with Gasteiger partial charge in [-0.05, 0) is 0 Å². The van der Waals surface area contributed by atoms with Crippen molar-refractivity contribution in [1.29, 1.82) is 0 Å². The highest BCUT2D eigenvalue weighted by Gasteiger charge is 2.07. The van der Waals surface area contributed by atoms with Gasteiger partial charge in [-0.15, -0.1) is 0 Å². The molecule has 0 saturated heterocycles. The molecule has 0 aliphatic carbocycles. The predicted molar refractivity (Wildman–Crippen MR) is 50.9 cm³/mol. The average Bonchev–Trinajstić information content (AvgIpc) is 2.30. The molecular formula is C9H12N2O5. The highest BCUT2D eigenvalue weighted by atomic mass is 16.8. The summed E-state index contributed by atoms with van der Waals surface area (Å²) in [5.74, 6) is 0.407. The van der Waals surface area contributed by atoms with E-state index in [0.717, 1.165) is 0 Å². The third-order valence-corrected chi connectivity index (χ3v) is 1.78. The number of aliphatic hydroxyl groups excluding tert-OH is 1. The second-order valence-electron chi connectivity index (χ2n) is 2.92. The van der Waals surface area contributed by atoms with Crippen molar-refractivity contribution >= 4 is 0 Å². The standard InChI is InChI=1S/C9H12N2O5/c12-9-15-5-3-13-7-1-2-10-8(11-7)14-4-6-16-9/h1-2,9,12H,3-6H2/t9-/m0/s1. The smallest absolute Gasteiger partial charge is 0.319 e. The van der Waals surface area contributed by atoms with Crippen LogP contribution in [0.4, 0.5) is 0 Å². The molecule has 1 aromatic heterocycles. The van der Waals surface area contributed by atoms with Crippen LogP contribution in [0.1, 0.15) is 0 Å². The lowest BCUT2D eigenvalue weighted by atomic mass is 10.6. The van der Waals surface area contributed by atoms with E-state index in [1.165, 1.54) is 0 Å². The summed E-state index contributed by atoms with van der Waals surface area (Å²) in [6, 6.07) is 1.84. The van der Waals surface area contributed by atoms with E-state index < -0.39 is 6.48 Å². The fraction of sp³-hybridized carbons (Fsp3) is 0.556. The highest BCUT2D eigenvalue weighted by Crippen LogP contribution is 2.10. The van der Waals surface area contributed by atoms with Crippen molar-refractivity contribution in [3.05, 3.63) is 12.3 Å². The molecule has 2 rings (SSSR count). The molecule has 2 bridgehead atoms. The Morgan fingerprint density at radius 1 is 1.12 bits per heavy atom. The van der Waals surface area contributed by atoms with Crippen molar-refractivity contribution in [1.82, 2.24) is 9.97 Å². The Morgan fingerprint density at radius 3 is 2.69 bits per heavy atom. The zero-order valence-electron chi connectivity index (χ0n) is 8.54. The minimum Gasteiger partial charge on any atom is -0.475 e. The zero-order valence-corrected chi connectivity index (χ0v) is 8.54. The summed E-state index contributed by atoms with van der Waals surface area (Å²) in [5, 5.41) is 9.17. The lowest BCUT2D eigenvalue weighted by molar-refractivity contribution is -0.266. The molecule has 0 spiro atoms. The second kappa shape index (κ2) is 5.59. The van der Waals surface area contributed by atoms with Crippen molar-refractivity contribution < 1.29 is 24.1 Å². The van der Waals surface area contributed by atoms with Crippen LogP contribution in [-0.2, 0) is 9.47 Å². The monoisotopic (exact) mass is 228 g/mol. The average molecular weight is 228 g/mol. The third kappa shape index (κ3) is 3.30. The minimum atomic E-state index is -1.26. The van der Waals surface area contributed by atoms with E-state index in [4.69, 9.17) is 24.1 Å². The number of fused-ring (bicyclic) bond motifs is 2. The number of aliphatic hydroxyl groups is 1. The highest BCUT2D eigenvalue weighted by molar-refractivity contribution is 5.10. The van der Waals surface area contributed by atoms with Crippen molar-refractivity contribution in [2.75, 3.05) is 26.4 Å². The number of rotatable bonds is 0. The number of aromatic nitrogens is 2. The summed E-state index contributed by atoms with van der Waals surface area (Å²) in [7, 11) is 0. The number of ether oxygens (including phenoxy) is 4. The molecule has 7 nitrogen and oxygen atoms in total. The van der Waals surface area contributed by atoms with Gasteiger partial charge in [0.05, 0.1) is 13.2 Å². The van der Waals surface area contributed by atoms with E-state index >= 15 is 0 Å². The lowest BCUT2D eigenvalue weighted by Crippen LogP contribution is -2.23. The molecule has 88 valence electrons. The van der Waals surface area contributed by atoms with Crippen LogP contribution in [0, 0.1) is 0 Å². The topological polar surface area (TPSA) is 82.9 Å². The number of hydrogen-bond donors (Lipinski definition) is 1. The molecule has 16 heavy (non-hydrogen) atoms. The first-order valence-electron chi connectivity index (χ1n) is 4.84. The Bertz CT molecular complexity index is 308. The van der Waals surface area contributed by atoms with E-state index in [1.807, 2.05) is 0 Å². The Labute approximate surface area is 91.9 Å². The maximum Gasteiger partial charge on any atom is 0.319 e. The number of nitrogens with zero attached hydrogens (tertiary/aromatic N) is 2. The molecule has 2 heterocycles. The van der Waals surface area contributed by atoms with Crippen molar-refractivity contribution in [2.45, 2.75) is 6.48 Å². The minimum absolute atomic E-state index is 0.190. The van der Waals surface area contributed by atoms with Crippen molar-refractivity contribution in [2.24, 2.45) is 0 Å². The van der Waals surface area contributed by atoms with Gasteiger partial charge in [0.15, 0.2) is 0 Å². The van der Waals surface area contributed by atoms with E-state index in [2.05, 4.69) is 9.97 Å². The fourth-order valence-electron chi connectivity index (χ4n) is 1.10. The van der Waals surface area contributed by atoms with Crippen molar-refractivity contribution in [3.63, 3.8) is 0 Å². The summed E-state index contributed by atoms with van der Waals surface area (Å²) >= 11 is 0. The Hall–Kier alpha value is -1.44. The first-order valence-corrected chi connectivity index (χ1v) is 4.84. The second-order valence-corrected chi connectivity index (χ2v) is 2.92. The molecule has 0 radical (unpaired) electrons. The molecule has 1 aliphatic heterocycles. The van der Waals surface area contributed by atoms with E-state index in [9.17, 15) is 0 Å². The maximum absolute atomic E-state index is 9.17. The fourth-order valence-corrected chi connectivity index (χ4v) is 1.10. The Balaban J connectivity index is 2.00. The van der Waals surface area contributed by atoms with Gasteiger partial charge in [-0.1, -0.05) is 0 Å². The summed E-state index contributed by atoms with van der Waals surface area (Å²) in [6.45, 7) is -0.372. The van der Waals surface area contributed by atoms with Crippen LogP contribution in [0.15, 0.2) is 12.3 Å². The molecular weight excluding hydrogens is 216 g/mol. The van der Waals surface area contributed by atoms with Crippen LogP contribution >= 0.6 is 0 Å². The summed E-state index contributed by atoms with van der Waals surface area (Å²) in [6.07, 6.45) is 1.54. The summed E-state index contributed by atoms with van der Waals surface area (Å²) in [4.78, 5) is 7.89. The lowest BCUT2D eigenvalue weighted by Gasteiger charge is -2.14. The van der Waals surface area contributed by atoms with Gasteiger partial charge < -0.3 is 24.1 Å². The first-order chi connectivity index (χ1) is 7.84. The van der Waals surface area contributed by atoms with E-state index in [1.54, 1.807) is 12.3 Å². The van der Waals surface area contributed by atoms with Crippen LogP contribution in [0.5, 0.6) is 11.9 Å². The van der Waals surface area contributed by atoms with Gasteiger partial charge in [0.25, 0.3) is 6.48 Å². The molecule has 0 unspecified atom stereocenters. The van der Waals surface area contributed by atoms with Gasteiger partial charge in [-0.2, -0.15) is 4.98 Å². The van der Waals surface area contributed by atoms with Crippen LogP contribution < -0.4 is 9.47 Å². The quantitative estimate of drug-likeness (QED) is 0.644. The normalized spacial score (nSPS) is 22.2. The molecule has 0 amide bonds. The van der Waals surface area contributed by atoms with E-state index in [-0.39, 0.29) is 32.4 Å². The SMILES string of the molecule is O[C@H]1OCCOc2ccnc(n2)OCCO1. The van der Waals surface area contributed by atoms with Crippen molar-refractivity contribution in [3.8, 4) is 11.9 Å². The largest absolute Gasteiger partial charge is 0.475 e. The van der Waals surface area contributed by atoms with Crippen LogP contribution in [0.3, 0.4) is 0 Å². The molecule has 1 N–H and O–H groups in total. The summed E-state index contributed by atoms with van der Waals surface area (Å²) < 4.78 is 20.2. The first kappa shape index (κ1) is 11.1. The summed E-state index contributed by atoms with van der Waals surface area (Å²) in [5.41, 5.74) is 0. The Morgan fingerprint density at radius 2 is 1.88 bits per heavy atom. The van der Waals surface area contributed by atoms with Gasteiger partial charge in [0.2, 0.25) is 5.88 Å². The predicted octanol–water partition coefficient (Wildman–Crippen LogP) is -0.443. The Kier molecular flexibility index (Phi) is 3.86. The van der Waals surface area contributed by atoms with Gasteiger partial charge in [-0.25, -0.2) is 4.98 Å². The van der Waals surface area contributed by atoms with Gasteiger partial charge in [0, 0.05) is 12.3 Å². The molecule has 1 aliphatic rings. The van der Waals surface area contributed by atoms with Gasteiger partial charge in [-0.3, -0.25) is 0 Å². The molecule has 1 atom stereocenters.